The van der Waals surface area contributed by atoms with Crippen molar-refractivity contribution in [1.82, 2.24) is 19.8 Å². The minimum absolute atomic E-state index is 0.0808. The van der Waals surface area contributed by atoms with Gasteiger partial charge in [0.1, 0.15) is 5.75 Å². The van der Waals surface area contributed by atoms with E-state index in [0.717, 1.165) is 34.3 Å². The van der Waals surface area contributed by atoms with E-state index in [1.165, 1.54) is 0 Å². The third-order valence-corrected chi connectivity index (χ3v) is 5.73. The molecular formula is C24H29BrN4O2. The Morgan fingerprint density at radius 3 is 2.68 bits per heavy atom. The number of halogens is 1. The van der Waals surface area contributed by atoms with E-state index in [4.69, 9.17) is 4.74 Å². The summed E-state index contributed by atoms with van der Waals surface area (Å²) in [5.74, 6) is 0.838. The number of hydrogen-bond donors (Lipinski definition) is 1. The summed E-state index contributed by atoms with van der Waals surface area (Å²) in [4.78, 5) is 19.1. The van der Waals surface area contributed by atoms with Gasteiger partial charge in [0.15, 0.2) is 0 Å². The molecule has 1 N–H and O–H groups in total. The van der Waals surface area contributed by atoms with E-state index in [-0.39, 0.29) is 12.1 Å². The number of ether oxygens (including phenoxy) is 1. The number of hydrogen-bond acceptors (Lipinski definition) is 3. The summed E-state index contributed by atoms with van der Waals surface area (Å²) in [6.45, 7) is 6.58. The van der Waals surface area contributed by atoms with Gasteiger partial charge in [0.25, 0.3) is 0 Å². The van der Waals surface area contributed by atoms with Crippen molar-refractivity contribution in [2.75, 3.05) is 13.2 Å². The van der Waals surface area contributed by atoms with Crippen LogP contribution in [0.3, 0.4) is 0 Å². The lowest BCUT2D eigenvalue weighted by atomic mass is 10.1. The SMILES string of the molecule is CCOc1ccc(CN(CCCn2ccnc2)C(=O)NC(C)c2ccccc2Br)cc1. The van der Waals surface area contributed by atoms with Crippen molar-refractivity contribution < 1.29 is 9.53 Å². The number of aromatic nitrogens is 2. The van der Waals surface area contributed by atoms with Gasteiger partial charge in [0, 0.05) is 36.5 Å². The van der Waals surface area contributed by atoms with Gasteiger partial charge in [-0.2, -0.15) is 0 Å². The minimum atomic E-state index is -0.112. The highest BCUT2D eigenvalue weighted by molar-refractivity contribution is 9.10. The summed E-state index contributed by atoms with van der Waals surface area (Å²) < 4.78 is 8.54. The highest BCUT2D eigenvalue weighted by atomic mass is 79.9. The molecule has 0 saturated heterocycles. The normalized spacial score (nSPS) is 11.7. The first kappa shape index (κ1) is 22.9. The van der Waals surface area contributed by atoms with Gasteiger partial charge in [0.2, 0.25) is 0 Å². The molecule has 1 aromatic heterocycles. The van der Waals surface area contributed by atoms with Gasteiger partial charge in [-0.1, -0.05) is 46.3 Å². The van der Waals surface area contributed by atoms with Crippen molar-refractivity contribution in [3.05, 3.63) is 82.9 Å². The zero-order chi connectivity index (χ0) is 22.1. The van der Waals surface area contributed by atoms with Crippen molar-refractivity contribution in [2.45, 2.75) is 39.4 Å². The van der Waals surface area contributed by atoms with Crippen molar-refractivity contribution in [3.8, 4) is 5.75 Å². The van der Waals surface area contributed by atoms with Crippen LogP contribution in [0.2, 0.25) is 0 Å². The van der Waals surface area contributed by atoms with Crippen LogP contribution in [0.1, 0.15) is 37.4 Å². The first-order chi connectivity index (χ1) is 15.1. The molecule has 0 fully saturated rings. The fraction of sp³-hybridized carbons (Fsp3) is 0.333. The highest BCUT2D eigenvalue weighted by Crippen LogP contribution is 2.23. The fourth-order valence-electron chi connectivity index (χ4n) is 3.37. The molecule has 7 heteroatoms. The lowest BCUT2D eigenvalue weighted by Gasteiger charge is -2.26. The second kappa shape index (κ2) is 11.6. The summed E-state index contributed by atoms with van der Waals surface area (Å²) in [7, 11) is 0. The van der Waals surface area contributed by atoms with E-state index in [0.29, 0.717) is 19.7 Å². The quantitative estimate of drug-likeness (QED) is 0.418. The predicted octanol–water partition coefficient (Wildman–Crippen LogP) is 5.41. The number of benzene rings is 2. The standard InChI is InChI=1S/C24H29BrN4O2/c1-3-31-21-11-9-20(10-12-21)17-29(15-6-14-28-16-13-26-18-28)24(30)27-19(2)22-7-4-5-8-23(22)25/h4-5,7-13,16,18-19H,3,6,14-15,17H2,1-2H3,(H,27,30). The van der Waals surface area contributed by atoms with Crippen LogP contribution in [0.5, 0.6) is 5.75 Å². The maximum absolute atomic E-state index is 13.2. The van der Waals surface area contributed by atoms with E-state index in [9.17, 15) is 4.79 Å². The number of aryl methyl sites for hydroxylation is 1. The molecule has 2 aromatic carbocycles. The molecule has 1 heterocycles. The lowest BCUT2D eigenvalue weighted by Crippen LogP contribution is -2.41. The molecule has 0 aliphatic heterocycles. The van der Waals surface area contributed by atoms with Crippen LogP contribution in [-0.2, 0) is 13.1 Å². The van der Waals surface area contributed by atoms with Crippen LogP contribution in [0.4, 0.5) is 4.79 Å². The van der Waals surface area contributed by atoms with E-state index >= 15 is 0 Å². The topological polar surface area (TPSA) is 59.4 Å². The predicted molar refractivity (Wildman–Crippen MR) is 126 cm³/mol. The third kappa shape index (κ3) is 6.85. The van der Waals surface area contributed by atoms with E-state index in [2.05, 4.69) is 26.2 Å². The van der Waals surface area contributed by atoms with E-state index < -0.39 is 0 Å². The Hall–Kier alpha value is -2.80. The van der Waals surface area contributed by atoms with Gasteiger partial charge >= 0.3 is 6.03 Å². The molecule has 3 aromatic rings. The summed E-state index contributed by atoms with van der Waals surface area (Å²) >= 11 is 3.58. The number of amides is 2. The van der Waals surface area contributed by atoms with Crippen molar-refractivity contribution in [1.29, 1.82) is 0 Å². The monoisotopic (exact) mass is 484 g/mol. The Balaban J connectivity index is 1.67. The Kier molecular flexibility index (Phi) is 8.53. The van der Waals surface area contributed by atoms with Crippen LogP contribution in [0.25, 0.3) is 0 Å². The van der Waals surface area contributed by atoms with Crippen LogP contribution < -0.4 is 10.1 Å². The molecule has 164 valence electrons. The second-order valence-electron chi connectivity index (χ2n) is 7.35. The van der Waals surface area contributed by atoms with Gasteiger partial charge in [0.05, 0.1) is 19.0 Å². The van der Waals surface area contributed by atoms with Gasteiger partial charge in [-0.15, -0.1) is 0 Å². The Morgan fingerprint density at radius 2 is 2.00 bits per heavy atom. The molecule has 0 aliphatic carbocycles. The number of carbonyl (C=O) groups is 1. The van der Waals surface area contributed by atoms with Crippen LogP contribution in [0.15, 0.2) is 71.7 Å². The summed E-state index contributed by atoms with van der Waals surface area (Å²) in [6.07, 6.45) is 6.34. The molecule has 0 spiro atoms. The largest absolute Gasteiger partial charge is 0.494 e. The first-order valence-electron chi connectivity index (χ1n) is 10.5. The average Bonchev–Trinajstić information content (AvgIpc) is 3.28. The zero-order valence-corrected chi connectivity index (χ0v) is 19.6. The average molecular weight is 485 g/mol. The maximum Gasteiger partial charge on any atom is 0.318 e. The Morgan fingerprint density at radius 1 is 1.23 bits per heavy atom. The lowest BCUT2D eigenvalue weighted by molar-refractivity contribution is 0.190. The Labute approximate surface area is 192 Å². The Bertz CT molecular complexity index is 944. The molecule has 1 atom stereocenters. The van der Waals surface area contributed by atoms with Gasteiger partial charge in [-0.25, -0.2) is 9.78 Å². The number of rotatable bonds is 10. The van der Waals surface area contributed by atoms with Crippen LogP contribution in [0, 0.1) is 0 Å². The molecule has 3 rings (SSSR count). The third-order valence-electron chi connectivity index (χ3n) is 5.01. The number of imidazole rings is 1. The van der Waals surface area contributed by atoms with Gasteiger partial charge in [-0.05, 0) is 49.6 Å². The first-order valence-corrected chi connectivity index (χ1v) is 11.3. The summed E-state index contributed by atoms with van der Waals surface area (Å²) in [6, 6.07) is 15.7. The van der Waals surface area contributed by atoms with Crippen LogP contribution in [-0.4, -0.2) is 33.6 Å². The van der Waals surface area contributed by atoms with Gasteiger partial charge in [-0.3, -0.25) is 0 Å². The number of urea groups is 1. The zero-order valence-electron chi connectivity index (χ0n) is 18.0. The summed E-state index contributed by atoms with van der Waals surface area (Å²) in [5, 5.41) is 3.15. The number of nitrogens with one attached hydrogen (secondary N) is 1. The fourth-order valence-corrected chi connectivity index (χ4v) is 4.00. The number of nitrogens with zero attached hydrogens (tertiary/aromatic N) is 3. The molecule has 6 nitrogen and oxygen atoms in total. The van der Waals surface area contributed by atoms with Gasteiger partial charge < -0.3 is 19.5 Å². The molecule has 0 radical (unpaired) electrons. The highest BCUT2D eigenvalue weighted by Gasteiger charge is 2.18. The molecule has 2 amide bonds. The smallest absolute Gasteiger partial charge is 0.318 e. The molecule has 0 saturated carbocycles. The van der Waals surface area contributed by atoms with Crippen molar-refractivity contribution >= 4 is 22.0 Å². The summed E-state index contributed by atoms with van der Waals surface area (Å²) in [5.41, 5.74) is 2.12. The molecule has 0 aliphatic rings. The van der Waals surface area contributed by atoms with Crippen molar-refractivity contribution in [3.63, 3.8) is 0 Å². The maximum atomic E-state index is 13.2. The van der Waals surface area contributed by atoms with E-state index in [1.54, 1.807) is 12.5 Å². The molecule has 31 heavy (non-hydrogen) atoms. The molecular weight excluding hydrogens is 456 g/mol. The van der Waals surface area contributed by atoms with E-state index in [1.807, 2.05) is 78.0 Å². The number of carbonyl (C=O) groups excluding carboxylic acids is 1. The van der Waals surface area contributed by atoms with Crippen molar-refractivity contribution in [2.24, 2.45) is 0 Å². The van der Waals surface area contributed by atoms with Crippen LogP contribution >= 0.6 is 15.9 Å². The minimum Gasteiger partial charge on any atom is -0.494 e. The molecule has 1 unspecified atom stereocenters. The second-order valence-corrected chi connectivity index (χ2v) is 8.20. The molecule has 0 bridgehead atoms.